The standard InChI is InChI=1S/C11H19N5O4S/c1-19-10-12-9(13-11(14-10)20-2)16-6-4-5-8(7-16)15-21(3,17)18/h8,15H,4-7H2,1-3H3. The Morgan fingerprint density at radius 1 is 1.19 bits per heavy atom. The molecule has 10 heteroatoms. The summed E-state index contributed by atoms with van der Waals surface area (Å²) in [4.78, 5) is 14.2. The summed E-state index contributed by atoms with van der Waals surface area (Å²) in [6.07, 6.45) is 2.77. The molecular weight excluding hydrogens is 298 g/mol. The Labute approximate surface area is 123 Å². The Kier molecular flexibility index (Phi) is 4.78. The molecule has 118 valence electrons. The first-order valence-electron chi connectivity index (χ1n) is 6.47. The van der Waals surface area contributed by atoms with E-state index in [1.54, 1.807) is 0 Å². The molecular formula is C11H19N5O4S. The van der Waals surface area contributed by atoms with Crippen LogP contribution in [0.25, 0.3) is 0 Å². The summed E-state index contributed by atoms with van der Waals surface area (Å²) in [6.45, 7) is 1.22. The molecule has 9 nitrogen and oxygen atoms in total. The highest BCUT2D eigenvalue weighted by molar-refractivity contribution is 7.88. The zero-order chi connectivity index (χ0) is 15.5. The molecule has 1 aromatic heterocycles. The van der Waals surface area contributed by atoms with Gasteiger partial charge in [0.2, 0.25) is 16.0 Å². The molecule has 2 rings (SSSR count). The van der Waals surface area contributed by atoms with E-state index < -0.39 is 10.0 Å². The van der Waals surface area contributed by atoms with Crippen LogP contribution in [-0.4, -0.2) is 63.0 Å². The third kappa shape index (κ3) is 4.39. The predicted molar refractivity (Wildman–Crippen MR) is 76.1 cm³/mol. The molecule has 2 heterocycles. The number of nitrogens with zero attached hydrogens (tertiary/aromatic N) is 4. The van der Waals surface area contributed by atoms with Gasteiger partial charge in [-0.05, 0) is 12.8 Å². The normalized spacial score (nSPS) is 19.4. The number of hydrogen-bond donors (Lipinski definition) is 1. The molecule has 1 aromatic rings. The predicted octanol–water partition coefficient (Wildman–Crippen LogP) is -0.593. The Balaban J connectivity index is 2.17. The number of sulfonamides is 1. The van der Waals surface area contributed by atoms with Crippen LogP contribution in [0.15, 0.2) is 0 Å². The fraction of sp³-hybridized carbons (Fsp3) is 0.727. The molecule has 0 amide bonds. The van der Waals surface area contributed by atoms with E-state index >= 15 is 0 Å². The van der Waals surface area contributed by atoms with Gasteiger partial charge in [0, 0.05) is 19.1 Å². The second-order valence-electron chi connectivity index (χ2n) is 4.78. The lowest BCUT2D eigenvalue weighted by Crippen LogP contribution is -2.48. The van der Waals surface area contributed by atoms with Gasteiger partial charge in [-0.3, -0.25) is 0 Å². The Hall–Kier alpha value is -1.68. The topological polar surface area (TPSA) is 107 Å². The van der Waals surface area contributed by atoms with E-state index in [-0.39, 0.29) is 18.1 Å². The fourth-order valence-electron chi connectivity index (χ4n) is 2.21. The lowest BCUT2D eigenvalue weighted by molar-refractivity contribution is 0.338. The average molecular weight is 317 g/mol. The number of nitrogens with one attached hydrogen (secondary N) is 1. The molecule has 1 N–H and O–H groups in total. The minimum atomic E-state index is -3.23. The van der Waals surface area contributed by atoms with Crippen LogP contribution in [0.2, 0.25) is 0 Å². The molecule has 1 aliphatic heterocycles. The van der Waals surface area contributed by atoms with Crippen molar-refractivity contribution >= 4 is 16.0 Å². The summed E-state index contributed by atoms with van der Waals surface area (Å²) in [5.74, 6) is 0.415. The second kappa shape index (κ2) is 6.39. The molecule has 0 saturated carbocycles. The van der Waals surface area contributed by atoms with Gasteiger partial charge in [-0.2, -0.15) is 9.97 Å². The highest BCUT2D eigenvalue weighted by atomic mass is 32.2. The van der Waals surface area contributed by atoms with Crippen molar-refractivity contribution < 1.29 is 17.9 Å². The summed E-state index contributed by atoms with van der Waals surface area (Å²) in [5.41, 5.74) is 0. The van der Waals surface area contributed by atoms with E-state index in [2.05, 4.69) is 19.7 Å². The van der Waals surface area contributed by atoms with Gasteiger partial charge in [-0.15, -0.1) is 4.98 Å². The monoisotopic (exact) mass is 317 g/mol. The molecule has 1 saturated heterocycles. The van der Waals surface area contributed by atoms with Crippen LogP contribution in [-0.2, 0) is 10.0 Å². The van der Waals surface area contributed by atoms with Gasteiger partial charge in [0.25, 0.3) is 0 Å². The van der Waals surface area contributed by atoms with Gasteiger partial charge in [-0.25, -0.2) is 13.1 Å². The summed E-state index contributed by atoms with van der Waals surface area (Å²) in [5, 5.41) is 0. The van der Waals surface area contributed by atoms with Gasteiger partial charge in [0.1, 0.15) is 0 Å². The molecule has 0 spiro atoms. The maximum absolute atomic E-state index is 11.3. The zero-order valence-corrected chi connectivity index (χ0v) is 13.1. The maximum Gasteiger partial charge on any atom is 0.324 e. The summed E-state index contributed by atoms with van der Waals surface area (Å²) >= 11 is 0. The Morgan fingerprint density at radius 2 is 1.81 bits per heavy atom. The molecule has 1 fully saturated rings. The van der Waals surface area contributed by atoms with Crippen molar-refractivity contribution in [2.24, 2.45) is 0 Å². The van der Waals surface area contributed by atoms with Crippen molar-refractivity contribution in [3.05, 3.63) is 0 Å². The van der Waals surface area contributed by atoms with Crippen LogP contribution in [0.4, 0.5) is 5.95 Å². The van der Waals surface area contributed by atoms with E-state index in [4.69, 9.17) is 9.47 Å². The number of anilines is 1. The molecule has 21 heavy (non-hydrogen) atoms. The second-order valence-corrected chi connectivity index (χ2v) is 6.56. The van der Waals surface area contributed by atoms with Crippen molar-refractivity contribution in [2.75, 3.05) is 38.5 Å². The quantitative estimate of drug-likeness (QED) is 0.768. The molecule has 0 aliphatic carbocycles. The van der Waals surface area contributed by atoms with Crippen molar-refractivity contribution in [3.8, 4) is 12.0 Å². The minimum Gasteiger partial charge on any atom is -0.467 e. The van der Waals surface area contributed by atoms with Crippen LogP contribution in [0.5, 0.6) is 12.0 Å². The van der Waals surface area contributed by atoms with Crippen LogP contribution in [0.3, 0.4) is 0 Å². The number of ether oxygens (including phenoxy) is 2. The van der Waals surface area contributed by atoms with Crippen molar-refractivity contribution in [1.82, 2.24) is 19.7 Å². The Morgan fingerprint density at radius 3 is 2.33 bits per heavy atom. The number of rotatable bonds is 5. The van der Waals surface area contributed by atoms with Crippen LogP contribution in [0, 0.1) is 0 Å². The van der Waals surface area contributed by atoms with Crippen LogP contribution >= 0.6 is 0 Å². The number of piperidine rings is 1. The lowest BCUT2D eigenvalue weighted by Gasteiger charge is -2.32. The van der Waals surface area contributed by atoms with E-state index in [9.17, 15) is 8.42 Å². The molecule has 0 bridgehead atoms. The summed E-state index contributed by atoms with van der Waals surface area (Å²) in [6, 6.07) is 0.160. The van der Waals surface area contributed by atoms with Gasteiger partial charge in [0.15, 0.2) is 0 Å². The van der Waals surface area contributed by atoms with Gasteiger partial charge < -0.3 is 14.4 Å². The number of methoxy groups -OCH3 is 2. The van der Waals surface area contributed by atoms with Crippen molar-refractivity contribution in [1.29, 1.82) is 0 Å². The van der Waals surface area contributed by atoms with Gasteiger partial charge in [-0.1, -0.05) is 0 Å². The largest absolute Gasteiger partial charge is 0.467 e. The first-order valence-corrected chi connectivity index (χ1v) is 8.36. The highest BCUT2D eigenvalue weighted by Crippen LogP contribution is 2.20. The summed E-state index contributed by atoms with van der Waals surface area (Å²) in [7, 11) is -0.312. The van der Waals surface area contributed by atoms with E-state index in [1.807, 2.05) is 4.90 Å². The lowest BCUT2D eigenvalue weighted by atomic mass is 10.1. The molecule has 1 atom stereocenters. The van der Waals surface area contributed by atoms with Crippen LogP contribution < -0.4 is 19.1 Å². The molecule has 0 radical (unpaired) electrons. The van der Waals surface area contributed by atoms with Crippen molar-refractivity contribution in [2.45, 2.75) is 18.9 Å². The zero-order valence-electron chi connectivity index (χ0n) is 12.2. The summed E-state index contributed by atoms with van der Waals surface area (Å²) < 4.78 is 35.3. The molecule has 1 unspecified atom stereocenters. The van der Waals surface area contributed by atoms with Gasteiger partial charge in [0.05, 0.1) is 20.5 Å². The fourth-order valence-corrected chi connectivity index (χ4v) is 3.01. The van der Waals surface area contributed by atoms with Crippen LogP contribution in [0.1, 0.15) is 12.8 Å². The number of aromatic nitrogens is 3. The maximum atomic E-state index is 11.3. The van der Waals surface area contributed by atoms with Crippen molar-refractivity contribution in [3.63, 3.8) is 0 Å². The third-order valence-electron chi connectivity index (χ3n) is 3.03. The average Bonchev–Trinajstić information content (AvgIpc) is 2.45. The van der Waals surface area contributed by atoms with E-state index in [0.717, 1.165) is 25.6 Å². The Bertz CT molecular complexity index is 572. The third-order valence-corrected chi connectivity index (χ3v) is 3.79. The molecule has 1 aliphatic rings. The number of hydrogen-bond acceptors (Lipinski definition) is 8. The SMILES string of the molecule is COc1nc(OC)nc(N2CCCC(NS(C)(=O)=O)C2)n1. The first-order chi connectivity index (χ1) is 9.91. The van der Waals surface area contributed by atoms with E-state index in [1.165, 1.54) is 14.2 Å². The van der Waals surface area contributed by atoms with E-state index in [0.29, 0.717) is 12.5 Å². The first kappa shape index (κ1) is 15.7. The smallest absolute Gasteiger partial charge is 0.324 e. The minimum absolute atomic E-state index is 0.162. The van der Waals surface area contributed by atoms with Gasteiger partial charge >= 0.3 is 12.0 Å². The molecule has 0 aromatic carbocycles. The highest BCUT2D eigenvalue weighted by Gasteiger charge is 2.25.